The van der Waals surface area contributed by atoms with E-state index < -0.39 is 40.0 Å². The highest BCUT2D eigenvalue weighted by atomic mass is 19.1. The summed E-state index contributed by atoms with van der Waals surface area (Å²) in [5, 5.41) is 13.7. The first-order valence-electron chi connectivity index (χ1n) is 14.8. The van der Waals surface area contributed by atoms with E-state index in [2.05, 4.69) is 15.2 Å². The van der Waals surface area contributed by atoms with Gasteiger partial charge in [-0.1, -0.05) is 18.6 Å². The number of aromatic nitrogens is 2. The number of Topliss-reactive ketones (excluding diaryl/α,β-unsaturated/α-hetero) is 1. The van der Waals surface area contributed by atoms with E-state index in [9.17, 15) is 28.7 Å². The molecule has 42 heavy (non-hydrogen) atoms. The van der Waals surface area contributed by atoms with Crippen molar-refractivity contribution in [1.29, 1.82) is 0 Å². The van der Waals surface area contributed by atoms with E-state index in [0.717, 1.165) is 45.3 Å². The Balaban J connectivity index is 1.52. The van der Waals surface area contributed by atoms with Crippen LogP contribution in [0.4, 0.5) is 4.39 Å². The van der Waals surface area contributed by atoms with Crippen molar-refractivity contribution in [3.05, 3.63) is 57.0 Å². The Morgan fingerprint density at radius 1 is 1.10 bits per heavy atom. The second-order valence-corrected chi connectivity index (χ2v) is 12.7. The lowest BCUT2D eigenvalue weighted by atomic mass is 9.62. The number of ketones is 1. The van der Waals surface area contributed by atoms with Crippen molar-refractivity contribution in [3.63, 3.8) is 0 Å². The summed E-state index contributed by atoms with van der Waals surface area (Å²) in [6, 6.07) is 4.47. The van der Waals surface area contributed by atoms with Gasteiger partial charge in [-0.3, -0.25) is 23.7 Å². The SMILES string of the molecule is Cc1cc(CNC(=O)c2nc3n(c(=O)c2O)CC2(CN4CCCCC4)CCC3(CC(=O)C(=O)N(C)C)CC2)ccc1F. The number of nitrogens with zero attached hydrogens (tertiary/aromatic N) is 4. The van der Waals surface area contributed by atoms with Gasteiger partial charge >= 0.3 is 0 Å². The molecule has 4 aliphatic rings. The Hall–Kier alpha value is -3.60. The van der Waals surface area contributed by atoms with E-state index in [1.807, 2.05) is 0 Å². The molecule has 3 aliphatic heterocycles. The van der Waals surface area contributed by atoms with Gasteiger partial charge in [-0.25, -0.2) is 9.37 Å². The lowest BCUT2D eigenvalue weighted by Gasteiger charge is -2.44. The summed E-state index contributed by atoms with van der Waals surface area (Å²) in [7, 11) is 3.05. The van der Waals surface area contributed by atoms with Crippen LogP contribution in [0.5, 0.6) is 5.75 Å². The van der Waals surface area contributed by atoms with Crippen LogP contribution >= 0.6 is 0 Å². The van der Waals surface area contributed by atoms with Crippen LogP contribution in [0.25, 0.3) is 0 Å². The summed E-state index contributed by atoms with van der Waals surface area (Å²) < 4.78 is 15.2. The molecule has 2 amide bonds. The number of fused-ring (bicyclic) bond motifs is 2. The lowest BCUT2D eigenvalue weighted by molar-refractivity contribution is -0.144. The molecule has 2 bridgehead atoms. The largest absolute Gasteiger partial charge is 0.501 e. The summed E-state index contributed by atoms with van der Waals surface area (Å²) in [6.45, 7) is 4.79. The fourth-order valence-electron chi connectivity index (χ4n) is 7.00. The van der Waals surface area contributed by atoms with Crippen molar-refractivity contribution in [1.82, 2.24) is 24.7 Å². The van der Waals surface area contributed by atoms with Crippen LogP contribution in [0, 0.1) is 18.2 Å². The zero-order valence-electron chi connectivity index (χ0n) is 24.7. The van der Waals surface area contributed by atoms with Gasteiger partial charge in [0.15, 0.2) is 5.69 Å². The molecule has 0 spiro atoms. The number of aromatic hydroxyl groups is 1. The van der Waals surface area contributed by atoms with E-state index in [0.29, 0.717) is 30.5 Å². The number of likely N-dealkylation sites (tertiary alicyclic amines) is 1. The predicted octanol–water partition coefficient (Wildman–Crippen LogP) is 2.67. The number of amides is 2. The molecule has 10 nitrogen and oxygen atoms in total. The third-order valence-electron chi connectivity index (χ3n) is 9.42. The molecule has 11 heteroatoms. The van der Waals surface area contributed by atoms with E-state index >= 15 is 0 Å². The Labute approximate surface area is 244 Å². The third kappa shape index (κ3) is 5.71. The second kappa shape index (κ2) is 11.6. The molecule has 2 aromatic rings. The molecule has 1 aliphatic carbocycles. The molecule has 2 fully saturated rings. The number of benzene rings is 1. The Kier molecular flexibility index (Phi) is 8.24. The molecule has 1 aromatic carbocycles. The predicted molar refractivity (Wildman–Crippen MR) is 154 cm³/mol. The van der Waals surface area contributed by atoms with Crippen LogP contribution in [0.2, 0.25) is 0 Å². The number of piperidine rings is 1. The monoisotopic (exact) mass is 581 g/mol. The van der Waals surface area contributed by atoms with Gasteiger partial charge in [-0.2, -0.15) is 0 Å². The fourth-order valence-corrected chi connectivity index (χ4v) is 7.00. The Morgan fingerprint density at radius 3 is 2.43 bits per heavy atom. The topological polar surface area (TPSA) is 125 Å². The summed E-state index contributed by atoms with van der Waals surface area (Å²) >= 11 is 0. The van der Waals surface area contributed by atoms with Crippen molar-refractivity contribution < 1.29 is 23.9 Å². The van der Waals surface area contributed by atoms with Gasteiger partial charge in [0.25, 0.3) is 17.4 Å². The van der Waals surface area contributed by atoms with Crippen LogP contribution in [-0.4, -0.2) is 75.8 Å². The molecule has 6 rings (SSSR count). The highest BCUT2D eigenvalue weighted by molar-refractivity contribution is 6.36. The molecule has 1 aromatic heterocycles. The number of likely N-dealkylation sites (N-methyl/N-ethyl adjacent to an activating group) is 1. The number of halogens is 1. The Bertz CT molecular complexity index is 1450. The van der Waals surface area contributed by atoms with E-state index in [1.165, 1.54) is 36.0 Å². The third-order valence-corrected chi connectivity index (χ3v) is 9.42. The molecule has 0 radical (unpaired) electrons. The number of carbonyl (C=O) groups is 3. The normalized spacial score (nSPS) is 23.6. The van der Waals surface area contributed by atoms with Crippen molar-refractivity contribution in [2.75, 3.05) is 33.7 Å². The molecular weight excluding hydrogens is 541 g/mol. The van der Waals surface area contributed by atoms with Gasteiger partial charge in [0, 0.05) is 51.0 Å². The molecular formula is C31H40FN5O5. The number of nitrogens with one attached hydrogen (secondary N) is 1. The average Bonchev–Trinajstić information content (AvgIpc) is 3.18. The molecule has 1 saturated heterocycles. The Morgan fingerprint density at radius 2 is 1.79 bits per heavy atom. The first-order chi connectivity index (χ1) is 19.9. The number of hydrogen-bond acceptors (Lipinski definition) is 7. The summed E-state index contributed by atoms with van der Waals surface area (Å²) in [5.41, 5.74) is -1.21. The minimum atomic E-state index is -0.916. The minimum Gasteiger partial charge on any atom is -0.501 e. The maximum absolute atomic E-state index is 13.7. The van der Waals surface area contributed by atoms with Gasteiger partial charge in [-0.05, 0) is 75.7 Å². The van der Waals surface area contributed by atoms with Crippen LogP contribution in [0.15, 0.2) is 23.0 Å². The average molecular weight is 582 g/mol. The first-order valence-corrected chi connectivity index (χ1v) is 14.8. The van der Waals surface area contributed by atoms with Gasteiger partial charge in [0.05, 0.1) is 0 Å². The lowest BCUT2D eigenvalue weighted by Crippen LogP contribution is -2.45. The molecule has 0 atom stereocenters. The van der Waals surface area contributed by atoms with Crippen LogP contribution in [0.3, 0.4) is 0 Å². The minimum absolute atomic E-state index is 0.0411. The highest BCUT2D eigenvalue weighted by Crippen LogP contribution is 2.53. The number of hydrogen-bond donors (Lipinski definition) is 2. The van der Waals surface area contributed by atoms with E-state index in [1.54, 1.807) is 19.1 Å². The standard InChI is InChI=1S/C31H40FN5O5/c1-20-15-21(7-8-22(20)32)17-33-26(40)24-25(39)28(42)37-19-30(18-36-13-5-4-6-14-36)9-11-31(12-10-30,29(37)34-24)16-23(38)27(41)35(2)3/h7-8,15,39H,4-6,9-14,16-19H2,1-3H3,(H,33,40). The van der Waals surface area contributed by atoms with Crippen molar-refractivity contribution in [2.24, 2.45) is 5.41 Å². The van der Waals surface area contributed by atoms with Gasteiger partial charge in [-0.15, -0.1) is 0 Å². The number of aryl methyl sites for hydroxylation is 1. The van der Waals surface area contributed by atoms with Crippen molar-refractivity contribution in [2.45, 2.75) is 76.8 Å². The number of carbonyl (C=O) groups excluding carboxylic acids is 3. The highest BCUT2D eigenvalue weighted by Gasteiger charge is 2.52. The van der Waals surface area contributed by atoms with Gasteiger partial charge < -0.3 is 20.2 Å². The zero-order valence-corrected chi connectivity index (χ0v) is 24.7. The maximum Gasteiger partial charge on any atom is 0.296 e. The molecule has 1 saturated carbocycles. The van der Waals surface area contributed by atoms with Crippen LogP contribution < -0.4 is 10.9 Å². The molecule has 0 unspecified atom stereocenters. The maximum atomic E-state index is 13.7. The smallest absolute Gasteiger partial charge is 0.296 e. The van der Waals surface area contributed by atoms with Gasteiger partial charge in [0.2, 0.25) is 11.5 Å². The van der Waals surface area contributed by atoms with Crippen LogP contribution in [0.1, 0.15) is 78.8 Å². The summed E-state index contributed by atoms with van der Waals surface area (Å²) in [6.07, 6.45) is 5.91. The quantitative estimate of drug-likeness (QED) is 0.460. The van der Waals surface area contributed by atoms with Crippen molar-refractivity contribution in [3.8, 4) is 5.75 Å². The molecule has 2 N–H and O–H groups in total. The molecule has 226 valence electrons. The molecule has 4 heterocycles. The van der Waals surface area contributed by atoms with E-state index in [-0.39, 0.29) is 30.0 Å². The summed E-state index contributed by atoms with van der Waals surface area (Å²) in [5.74, 6) is -2.76. The second-order valence-electron chi connectivity index (χ2n) is 12.7. The fraction of sp³-hybridized carbons (Fsp3) is 0.581. The van der Waals surface area contributed by atoms with Crippen LogP contribution in [-0.2, 0) is 28.1 Å². The number of rotatable bonds is 8. The van der Waals surface area contributed by atoms with Gasteiger partial charge in [0.1, 0.15) is 11.6 Å². The zero-order chi connectivity index (χ0) is 30.2. The first kappa shape index (κ1) is 29.9. The van der Waals surface area contributed by atoms with E-state index in [4.69, 9.17) is 0 Å². The summed E-state index contributed by atoms with van der Waals surface area (Å²) in [4.78, 5) is 61.1. The van der Waals surface area contributed by atoms with Crippen molar-refractivity contribution >= 4 is 17.6 Å².